The topological polar surface area (TPSA) is 133 Å². The van der Waals surface area contributed by atoms with E-state index in [0.717, 1.165) is 12.0 Å². The van der Waals surface area contributed by atoms with E-state index in [2.05, 4.69) is 15.6 Å². The minimum atomic E-state index is -0.434. The summed E-state index contributed by atoms with van der Waals surface area (Å²) < 4.78 is 5.03. The number of ether oxygens (including phenoxy) is 1. The maximum Gasteiger partial charge on any atom is 0.320 e. The van der Waals surface area contributed by atoms with Gasteiger partial charge in [0, 0.05) is 24.7 Å². The van der Waals surface area contributed by atoms with Gasteiger partial charge in [-0.25, -0.2) is 9.78 Å². The highest BCUT2D eigenvalue weighted by molar-refractivity contribution is 5.99. The molecule has 158 valence electrons. The number of aromatic nitrogens is 1. The molecule has 1 atom stereocenters. The lowest BCUT2D eigenvalue weighted by molar-refractivity contribution is -0.128. The molecule has 2 heterocycles. The van der Waals surface area contributed by atoms with Crippen LogP contribution in [0.3, 0.4) is 0 Å². The first kappa shape index (κ1) is 21.1. The van der Waals surface area contributed by atoms with Gasteiger partial charge in [-0.3, -0.25) is 15.5 Å². The lowest BCUT2D eigenvalue weighted by Gasteiger charge is -2.20. The summed E-state index contributed by atoms with van der Waals surface area (Å²) in [5, 5.41) is 13.6. The highest BCUT2D eigenvalue weighted by Gasteiger charge is 2.25. The molecule has 1 aliphatic rings. The highest BCUT2D eigenvalue weighted by Crippen LogP contribution is 2.24. The third-order valence-corrected chi connectivity index (χ3v) is 4.96. The average molecular weight is 410 g/mol. The van der Waals surface area contributed by atoms with Crippen LogP contribution in [0.2, 0.25) is 0 Å². The van der Waals surface area contributed by atoms with Gasteiger partial charge >= 0.3 is 6.03 Å². The van der Waals surface area contributed by atoms with E-state index in [0.29, 0.717) is 24.2 Å². The number of nitrogens with one attached hydrogen (secondary N) is 3. The molecule has 0 bridgehead atoms. The van der Waals surface area contributed by atoms with Crippen molar-refractivity contribution in [1.82, 2.24) is 15.2 Å². The van der Waals surface area contributed by atoms with E-state index in [1.807, 2.05) is 37.3 Å². The zero-order valence-corrected chi connectivity index (χ0v) is 17.1. The molecule has 3 rings (SSSR count). The average Bonchev–Trinajstić information content (AvgIpc) is 3.12. The Morgan fingerprint density at radius 3 is 2.73 bits per heavy atom. The Kier molecular flexibility index (Phi) is 6.51. The second-order valence-corrected chi connectivity index (χ2v) is 7.10. The molecule has 9 nitrogen and oxygen atoms in total. The Morgan fingerprint density at radius 2 is 2.10 bits per heavy atom. The molecular weight excluding hydrogens is 384 g/mol. The molecule has 0 radical (unpaired) electrons. The molecule has 5 N–H and O–H groups in total. The lowest BCUT2D eigenvalue weighted by atomic mass is 10.1. The molecule has 0 unspecified atom stereocenters. The van der Waals surface area contributed by atoms with Crippen LogP contribution < -0.4 is 16.4 Å². The fraction of sp³-hybridized carbons (Fsp3) is 0.333. The molecule has 3 amide bonds. The summed E-state index contributed by atoms with van der Waals surface area (Å²) in [7, 11) is 1.37. The normalized spacial score (nSPS) is 14.3. The largest absolute Gasteiger partial charge is 0.481 e. The van der Waals surface area contributed by atoms with Crippen molar-refractivity contribution in [2.24, 2.45) is 0 Å². The quantitative estimate of drug-likeness (QED) is 0.429. The van der Waals surface area contributed by atoms with Gasteiger partial charge in [0.1, 0.15) is 5.82 Å². The van der Waals surface area contributed by atoms with Crippen molar-refractivity contribution in [3.63, 3.8) is 0 Å². The van der Waals surface area contributed by atoms with Crippen LogP contribution in [0.1, 0.15) is 42.6 Å². The van der Waals surface area contributed by atoms with E-state index in [1.54, 1.807) is 4.90 Å². The van der Waals surface area contributed by atoms with Gasteiger partial charge in [0.05, 0.1) is 31.0 Å². The number of nitrogen functional groups attached to an aromatic ring is 1. The molecule has 0 spiro atoms. The van der Waals surface area contributed by atoms with E-state index in [4.69, 9.17) is 15.9 Å². The number of rotatable bonds is 6. The summed E-state index contributed by atoms with van der Waals surface area (Å²) in [5.74, 6) is 0.118. The number of carbonyl (C=O) groups is 2. The number of urea groups is 1. The summed E-state index contributed by atoms with van der Waals surface area (Å²) in [5.41, 5.74) is 8.08. The summed E-state index contributed by atoms with van der Waals surface area (Å²) in [6.45, 7) is 2.69. The number of methoxy groups -OCH3 is 1. The van der Waals surface area contributed by atoms with Crippen LogP contribution in [0.25, 0.3) is 0 Å². The van der Waals surface area contributed by atoms with Crippen molar-refractivity contribution in [3.05, 3.63) is 53.2 Å². The molecule has 1 aromatic carbocycles. The molecule has 0 aliphatic carbocycles. The smallest absolute Gasteiger partial charge is 0.320 e. The Hall–Kier alpha value is -3.62. The van der Waals surface area contributed by atoms with Crippen LogP contribution in [0, 0.1) is 5.41 Å². The molecular formula is C21H26N6O3. The summed E-state index contributed by atoms with van der Waals surface area (Å²) in [6.07, 6.45) is 1.27. The second kappa shape index (κ2) is 9.25. The van der Waals surface area contributed by atoms with Crippen LogP contribution in [-0.4, -0.2) is 41.4 Å². The zero-order valence-electron chi connectivity index (χ0n) is 17.1. The summed E-state index contributed by atoms with van der Waals surface area (Å²) in [6, 6.07) is 10.4. The molecule has 9 heteroatoms. The van der Waals surface area contributed by atoms with Crippen molar-refractivity contribution >= 4 is 29.3 Å². The highest BCUT2D eigenvalue weighted by atomic mass is 16.5. The van der Waals surface area contributed by atoms with Crippen LogP contribution in [0.5, 0.6) is 0 Å². The fourth-order valence-electron chi connectivity index (χ4n) is 3.39. The van der Waals surface area contributed by atoms with Crippen molar-refractivity contribution < 1.29 is 14.3 Å². The summed E-state index contributed by atoms with van der Waals surface area (Å²) in [4.78, 5) is 30.6. The lowest BCUT2D eigenvalue weighted by Crippen LogP contribution is -2.32. The van der Waals surface area contributed by atoms with E-state index < -0.39 is 6.03 Å². The minimum absolute atomic E-state index is 0.0260. The molecule has 1 saturated heterocycles. The standard InChI is InChI=1S/C21H26N6O3/c1-13(14-7-4-3-5-8-14)24-21(29)26-17-11-15(22)19(20(23)30-2)16(25-17)12-27-10-6-9-18(27)28/h3-5,7-8,11,13,23H,6,9-10,12H2,1-2H3,(H4,22,24,25,26,29)/t13-/m1/s1. The number of benzene rings is 1. The Morgan fingerprint density at radius 1 is 1.37 bits per heavy atom. The van der Waals surface area contributed by atoms with Crippen LogP contribution >= 0.6 is 0 Å². The Labute approximate surface area is 175 Å². The first-order chi connectivity index (χ1) is 14.4. The van der Waals surface area contributed by atoms with E-state index in [9.17, 15) is 9.59 Å². The first-order valence-corrected chi connectivity index (χ1v) is 9.71. The van der Waals surface area contributed by atoms with E-state index in [-0.39, 0.29) is 35.9 Å². The van der Waals surface area contributed by atoms with Crippen molar-refractivity contribution in [2.45, 2.75) is 32.4 Å². The maximum atomic E-state index is 12.5. The third-order valence-electron chi connectivity index (χ3n) is 4.96. The Balaban J connectivity index is 1.79. The Bertz CT molecular complexity index is 947. The monoisotopic (exact) mass is 410 g/mol. The molecule has 1 fully saturated rings. The van der Waals surface area contributed by atoms with Crippen molar-refractivity contribution in [1.29, 1.82) is 5.41 Å². The number of nitrogens with zero attached hydrogens (tertiary/aromatic N) is 2. The number of pyridine rings is 1. The molecule has 1 aromatic heterocycles. The van der Waals surface area contributed by atoms with E-state index in [1.165, 1.54) is 13.2 Å². The number of carbonyl (C=O) groups excluding carboxylic acids is 2. The number of amides is 3. The van der Waals surface area contributed by atoms with Gasteiger partial charge in [-0.05, 0) is 18.9 Å². The summed E-state index contributed by atoms with van der Waals surface area (Å²) >= 11 is 0. The first-order valence-electron chi connectivity index (χ1n) is 9.71. The van der Waals surface area contributed by atoms with Gasteiger partial charge in [0.15, 0.2) is 0 Å². The predicted octanol–water partition coefficient (Wildman–Crippen LogP) is 2.64. The molecule has 1 aliphatic heterocycles. The van der Waals surface area contributed by atoms with Gasteiger partial charge in [-0.2, -0.15) is 0 Å². The zero-order chi connectivity index (χ0) is 21.7. The maximum absolute atomic E-state index is 12.5. The SMILES string of the molecule is COC(=N)c1c(N)cc(NC(=O)N[C@H](C)c2ccccc2)nc1CN1CCCC1=O. The second-order valence-electron chi connectivity index (χ2n) is 7.10. The van der Waals surface area contributed by atoms with Gasteiger partial charge in [-0.1, -0.05) is 30.3 Å². The fourth-order valence-corrected chi connectivity index (χ4v) is 3.39. The van der Waals surface area contributed by atoms with Gasteiger partial charge in [0.25, 0.3) is 0 Å². The predicted molar refractivity (Wildman–Crippen MR) is 114 cm³/mol. The number of likely N-dealkylation sites (tertiary alicyclic amines) is 1. The van der Waals surface area contributed by atoms with Crippen molar-refractivity contribution in [2.75, 3.05) is 24.7 Å². The van der Waals surface area contributed by atoms with E-state index >= 15 is 0 Å². The number of hydrogen-bond donors (Lipinski definition) is 4. The van der Waals surface area contributed by atoms with Crippen molar-refractivity contribution in [3.8, 4) is 0 Å². The van der Waals surface area contributed by atoms with Gasteiger partial charge in [-0.15, -0.1) is 0 Å². The third kappa shape index (κ3) is 4.86. The molecule has 30 heavy (non-hydrogen) atoms. The number of anilines is 2. The van der Waals surface area contributed by atoms with Crippen LogP contribution in [0.4, 0.5) is 16.3 Å². The number of nitrogens with two attached hydrogens (primary N) is 1. The number of hydrogen-bond acceptors (Lipinski definition) is 6. The van der Waals surface area contributed by atoms with Gasteiger partial charge in [0.2, 0.25) is 11.8 Å². The van der Waals surface area contributed by atoms with Crippen LogP contribution in [-0.2, 0) is 16.1 Å². The van der Waals surface area contributed by atoms with Crippen LogP contribution in [0.15, 0.2) is 36.4 Å². The minimum Gasteiger partial charge on any atom is -0.481 e. The molecule has 0 saturated carbocycles. The molecule has 2 aromatic rings. The van der Waals surface area contributed by atoms with Gasteiger partial charge < -0.3 is 20.7 Å².